The Hall–Kier alpha value is -3.61. The van der Waals surface area contributed by atoms with E-state index in [9.17, 15) is 4.79 Å². The summed E-state index contributed by atoms with van der Waals surface area (Å²) in [5.41, 5.74) is 5.99. The topological polar surface area (TPSA) is 86.9 Å². The molecule has 1 amide bonds. The Morgan fingerprint density at radius 2 is 2.07 bits per heavy atom. The van der Waals surface area contributed by atoms with Crippen molar-refractivity contribution in [2.45, 2.75) is 25.8 Å². The van der Waals surface area contributed by atoms with E-state index in [4.69, 9.17) is 4.74 Å². The van der Waals surface area contributed by atoms with Gasteiger partial charge in [0, 0.05) is 12.5 Å². The molecule has 4 aromatic rings. The average Bonchev–Trinajstić information content (AvgIpc) is 3.38. The predicted octanol–water partition coefficient (Wildman–Crippen LogP) is 3.32. The van der Waals surface area contributed by atoms with E-state index in [2.05, 4.69) is 19.9 Å². The highest BCUT2D eigenvalue weighted by Crippen LogP contribution is 2.32. The number of rotatable bonds is 4. The molecule has 1 aliphatic rings. The second kappa shape index (κ2) is 7.33. The van der Waals surface area contributed by atoms with Crippen LogP contribution in [0.4, 0.5) is 0 Å². The van der Waals surface area contributed by atoms with Gasteiger partial charge in [-0.1, -0.05) is 18.2 Å². The second-order valence-corrected chi connectivity index (χ2v) is 7.72. The number of benzene rings is 2. The molecule has 1 aliphatic heterocycles. The summed E-state index contributed by atoms with van der Waals surface area (Å²) in [6, 6.07) is 13.9. The zero-order chi connectivity index (χ0) is 20.7. The third-order valence-electron chi connectivity index (χ3n) is 5.72. The SMILES string of the molecule is COc1ccc(C2CN(C(=O)Cc3ccc4nc(C)[nH]c4c3)Cc3[nH]cnc32)cc1. The number of hydrogen-bond acceptors (Lipinski definition) is 4. The van der Waals surface area contributed by atoms with E-state index < -0.39 is 0 Å². The van der Waals surface area contributed by atoms with Crippen LogP contribution in [-0.2, 0) is 17.8 Å². The fourth-order valence-electron chi connectivity index (χ4n) is 4.19. The van der Waals surface area contributed by atoms with Gasteiger partial charge in [-0.2, -0.15) is 0 Å². The van der Waals surface area contributed by atoms with Gasteiger partial charge in [-0.25, -0.2) is 9.97 Å². The monoisotopic (exact) mass is 401 g/mol. The lowest BCUT2D eigenvalue weighted by molar-refractivity contribution is -0.131. The summed E-state index contributed by atoms with van der Waals surface area (Å²) in [7, 11) is 1.66. The van der Waals surface area contributed by atoms with Crippen LogP contribution in [0.5, 0.6) is 5.75 Å². The third-order valence-corrected chi connectivity index (χ3v) is 5.72. The highest BCUT2D eigenvalue weighted by molar-refractivity contribution is 5.82. The normalized spacial score (nSPS) is 15.9. The number of fused-ring (bicyclic) bond motifs is 2. The van der Waals surface area contributed by atoms with Gasteiger partial charge in [-0.15, -0.1) is 0 Å². The molecule has 0 bridgehead atoms. The minimum Gasteiger partial charge on any atom is -0.497 e. The van der Waals surface area contributed by atoms with Crippen LogP contribution in [0, 0.1) is 6.92 Å². The van der Waals surface area contributed by atoms with Gasteiger partial charge in [0.25, 0.3) is 0 Å². The number of nitrogens with one attached hydrogen (secondary N) is 2. The molecule has 0 radical (unpaired) electrons. The minimum atomic E-state index is 0.0348. The number of nitrogens with zero attached hydrogens (tertiary/aromatic N) is 3. The summed E-state index contributed by atoms with van der Waals surface area (Å²) in [6.45, 7) is 3.08. The molecule has 152 valence electrons. The summed E-state index contributed by atoms with van der Waals surface area (Å²) in [5.74, 6) is 1.82. The fraction of sp³-hybridized carbons (Fsp3) is 0.261. The van der Waals surface area contributed by atoms with Crippen molar-refractivity contribution in [3.05, 3.63) is 77.1 Å². The average molecular weight is 401 g/mol. The Morgan fingerprint density at radius 3 is 2.87 bits per heavy atom. The summed E-state index contributed by atoms with van der Waals surface area (Å²) in [6.07, 6.45) is 2.07. The maximum atomic E-state index is 13.2. The quantitative estimate of drug-likeness (QED) is 0.549. The lowest BCUT2D eigenvalue weighted by Crippen LogP contribution is -2.39. The first-order valence-corrected chi connectivity index (χ1v) is 10.00. The number of imidazole rings is 2. The number of H-pyrrole nitrogens is 2. The van der Waals surface area contributed by atoms with Crippen molar-refractivity contribution in [3.63, 3.8) is 0 Å². The van der Waals surface area contributed by atoms with Gasteiger partial charge in [-0.05, 0) is 42.3 Å². The molecule has 0 aliphatic carbocycles. The maximum absolute atomic E-state index is 13.2. The van der Waals surface area contributed by atoms with Gasteiger partial charge >= 0.3 is 0 Å². The van der Waals surface area contributed by atoms with Crippen molar-refractivity contribution in [1.29, 1.82) is 0 Å². The minimum absolute atomic E-state index is 0.0348. The van der Waals surface area contributed by atoms with E-state index in [0.29, 0.717) is 19.5 Å². The van der Waals surface area contributed by atoms with Gasteiger partial charge in [0.05, 0.1) is 48.8 Å². The Labute approximate surface area is 174 Å². The molecule has 0 fully saturated rings. The summed E-state index contributed by atoms with van der Waals surface area (Å²) < 4.78 is 5.28. The molecule has 0 saturated carbocycles. The number of aromatic nitrogens is 4. The molecule has 30 heavy (non-hydrogen) atoms. The zero-order valence-electron chi connectivity index (χ0n) is 17.0. The molecular formula is C23H23N5O2. The molecular weight excluding hydrogens is 378 g/mol. The van der Waals surface area contributed by atoms with Crippen molar-refractivity contribution >= 4 is 16.9 Å². The first kappa shape index (κ1) is 18.4. The number of amides is 1. The van der Waals surface area contributed by atoms with Crippen LogP contribution in [0.2, 0.25) is 0 Å². The van der Waals surface area contributed by atoms with Crippen LogP contribution in [0.15, 0.2) is 48.8 Å². The van der Waals surface area contributed by atoms with Crippen molar-refractivity contribution in [2.75, 3.05) is 13.7 Å². The van der Waals surface area contributed by atoms with Crippen molar-refractivity contribution < 1.29 is 9.53 Å². The first-order valence-electron chi connectivity index (χ1n) is 10.00. The smallest absolute Gasteiger partial charge is 0.227 e. The Morgan fingerprint density at radius 1 is 1.23 bits per heavy atom. The van der Waals surface area contributed by atoms with Crippen LogP contribution in [0.1, 0.15) is 34.3 Å². The Bertz CT molecular complexity index is 1210. The summed E-state index contributed by atoms with van der Waals surface area (Å²) >= 11 is 0. The Balaban J connectivity index is 1.39. The van der Waals surface area contributed by atoms with Gasteiger partial charge in [0.1, 0.15) is 11.6 Å². The van der Waals surface area contributed by atoms with E-state index in [0.717, 1.165) is 45.1 Å². The molecule has 3 heterocycles. The van der Waals surface area contributed by atoms with Crippen molar-refractivity contribution in [1.82, 2.24) is 24.8 Å². The van der Waals surface area contributed by atoms with Crippen LogP contribution in [-0.4, -0.2) is 44.4 Å². The Kier molecular flexibility index (Phi) is 4.50. The highest BCUT2D eigenvalue weighted by atomic mass is 16.5. The van der Waals surface area contributed by atoms with Crippen molar-refractivity contribution in [3.8, 4) is 5.75 Å². The molecule has 5 rings (SSSR count). The maximum Gasteiger partial charge on any atom is 0.227 e. The van der Waals surface area contributed by atoms with Crippen LogP contribution in [0.25, 0.3) is 11.0 Å². The molecule has 2 aromatic heterocycles. The molecule has 7 nitrogen and oxygen atoms in total. The van der Waals surface area contributed by atoms with Gasteiger partial charge in [-0.3, -0.25) is 4.79 Å². The number of aryl methyl sites for hydroxylation is 1. The number of carbonyl (C=O) groups excluding carboxylic acids is 1. The molecule has 1 atom stereocenters. The number of aromatic amines is 2. The van der Waals surface area contributed by atoms with E-state index in [-0.39, 0.29) is 11.8 Å². The number of methoxy groups -OCH3 is 1. The summed E-state index contributed by atoms with van der Waals surface area (Å²) in [5, 5.41) is 0. The molecule has 0 saturated heterocycles. The van der Waals surface area contributed by atoms with Gasteiger partial charge in [0.2, 0.25) is 5.91 Å². The number of hydrogen-bond donors (Lipinski definition) is 2. The summed E-state index contributed by atoms with van der Waals surface area (Å²) in [4.78, 5) is 30.5. The molecule has 2 N–H and O–H groups in total. The van der Waals surface area contributed by atoms with Crippen LogP contribution in [0.3, 0.4) is 0 Å². The molecule has 1 unspecified atom stereocenters. The van der Waals surface area contributed by atoms with E-state index in [1.807, 2.05) is 54.3 Å². The fourth-order valence-corrected chi connectivity index (χ4v) is 4.19. The molecule has 0 spiro atoms. The lowest BCUT2D eigenvalue weighted by atomic mass is 9.90. The predicted molar refractivity (Wildman–Crippen MR) is 113 cm³/mol. The number of ether oxygens (including phenoxy) is 1. The first-order chi connectivity index (χ1) is 14.6. The van der Waals surface area contributed by atoms with Gasteiger partial charge in [0.15, 0.2) is 0 Å². The van der Waals surface area contributed by atoms with E-state index in [1.54, 1.807) is 13.4 Å². The van der Waals surface area contributed by atoms with Crippen molar-refractivity contribution in [2.24, 2.45) is 0 Å². The standard InChI is InChI=1S/C23H23N5O2/c1-14-26-19-8-3-15(9-20(19)27-14)10-22(29)28-11-18(23-21(12-28)24-13-25-23)16-4-6-17(30-2)7-5-16/h3-9,13,18H,10-12H2,1-2H3,(H,24,25)(H,26,27). The van der Waals surface area contributed by atoms with E-state index in [1.165, 1.54) is 0 Å². The number of carbonyl (C=O) groups is 1. The highest BCUT2D eigenvalue weighted by Gasteiger charge is 2.31. The second-order valence-electron chi connectivity index (χ2n) is 7.72. The van der Waals surface area contributed by atoms with Crippen LogP contribution < -0.4 is 4.74 Å². The van der Waals surface area contributed by atoms with Crippen LogP contribution >= 0.6 is 0 Å². The van der Waals surface area contributed by atoms with E-state index >= 15 is 0 Å². The van der Waals surface area contributed by atoms with Gasteiger partial charge < -0.3 is 19.6 Å². The molecule has 2 aromatic carbocycles. The molecule has 7 heteroatoms. The zero-order valence-corrected chi connectivity index (χ0v) is 17.0. The lowest BCUT2D eigenvalue weighted by Gasteiger charge is -2.32. The third kappa shape index (κ3) is 3.32. The largest absolute Gasteiger partial charge is 0.497 e.